The number of nitrogens with zero attached hydrogens (tertiary/aromatic N) is 2. The van der Waals surface area contributed by atoms with Crippen molar-refractivity contribution in [3.05, 3.63) is 59.8 Å². The molecule has 7 heteroatoms. The van der Waals surface area contributed by atoms with Crippen LogP contribution in [0.3, 0.4) is 0 Å². The Hall–Kier alpha value is -2.38. The number of hydrogen-bond donors (Lipinski definition) is 2. The molecule has 1 saturated heterocycles. The molecule has 29 heavy (non-hydrogen) atoms. The summed E-state index contributed by atoms with van der Waals surface area (Å²) in [7, 11) is 0. The molecule has 1 aromatic carbocycles. The van der Waals surface area contributed by atoms with E-state index in [0.29, 0.717) is 18.5 Å². The van der Waals surface area contributed by atoms with Gasteiger partial charge >= 0.3 is 0 Å². The van der Waals surface area contributed by atoms with Gasteiger partial charge < -0.3 is 19.8 Å². The van der Waals surface area contributed by atoms with E-state index in [1.165, 1.54) is 6.07 Å². The summed E-state index contributed by atoms with van der Waals surface area (Å²) in [6, 6.07) is 10.7. The lowest BCUT2D eigenvalue weighted by molar-refractivity contribution is 0.0377. The number of nitrogens with one attached hydrogen (secondary N) is 2. The molecule has 0 atom stereocenters. The fourth-order valence-corrected chi connectivity index (χ4v) is 3.26. The predicted octanol–water partition coefficient (Wildman–Crippen LogP) is 2.46. The molecule has 2 N–H and O–H groups in total. The summed E-state index contributed by atoms with van der Waals surface area (Å²) in [5.41, 5.74) is 0.710. The van der Waals surface area contributed by atoms with E-state index in [9.17, 15) is 4.39 Å². The average molecular weight is 403 g/mol. The summed E-state index contributed by atoms with van der Waals surface area (Å²) >= 11 is 0. The van der Waals surface area contributed by atoms with E-state index in [1.807, 2.05) is 24.3 Å². The Morgan fingerprint density at radius 1 is 1.03 bits per heavy atom. The Balaban J connectivity index is 1.44. The summed E-state index contributed by atoms with van der Waals surface area (Å²) in [5.74, 6) is 1.54. The van der Waals surface area contributed by atoms with Gasteiger partial charge in [-0.25, -0.2) is 4.39 Å². The fraction of sp³-hybridized carbons (Fsp3) is 0.500. The normalized spacial score (nSPS) is 15.4. The molecule has 0 saturated carbocycles. The maximum Gasteiger partial charge on any atom is 0.191 e. The van der Waals surface area contributed by atoms with Crippen molar-refractivity contribution >= 4 is 5.96 Å². The zero-order valence-corrected chi connectivity index (χ0v) is 16.9. The summed E-state index contributed by atoms with van der Waals surface area (Å²) in [4.78, 5) is 7.10. The van der Waals surface area contributed by atoms with E-state index in [0.717, 1.165) is 70.5 Å². The highest BCUT2D eigenvalue weighted by Gasteiger charge is 2.09. The van der Waals surface area contributed by atoms with Crippen molar-refractivity contribution in [1.82, 2.24) is 15.5 Å². The molecule has 1 aliphatic rings. The fourth-order valence-electron chi connectivity index (χ4n) is 3.26. The Kier molecular flexibility index (Phi) is 9.00. The van der Waals surface area contributed by atoms with Crippen molar-refractivity contribution in [3.63, 3.8) is 0 Å². The second kappa shape index (κ2) is 12.2. The van der Waals surface area contributed by atoms with Crippen LogP contribution in [0.2, 0.25) is 0 Å². The topological polar surface area (TPSA) is 62.0 Å². The predicted molar refractivity (Wildman–Crippen MR) is 113 cm³/mol. The van der Waals surface area contributed by atoms with Gasteiger partial charge in [0.2, 0.25) is 0 Å². The van der Waals surface area contributed by atoms with Crippen molar-refractivity contribution < 1.29 is 13.5 Å². The molecule has 3 rings (SSSR count). The van der Waals surface area contributed by atoms with Gasteiger partial charge in [-0.15, -0.1) is 0 Å². The van der Waals surface area contributed by atoms with Gasteiger partial charge in [-0.05, 0) is 36.6 Å². The highest BCUT2D eigenvalue weighted by molar-refractivity contribution is 5.79. The summed E-state index contributed by atoms with van der Waals surface area (Å²) in [6.07, 6.45) is 4.08. The van der Waals surface area contributed by atoms with Crippen LogP contribution in [0.15, 0.2) is 52.1 Å². The van der Waals surface area contributed by atoms with Crippen LogP contribution in [0.5, 0.6) is 0 Å². The van der Waals surface area contributed by atoms with Crippen molar-refractivity contribution in [2.75, 3.05) is 52.5 Å². The molecule has 2 aromatic rings. The number of hydrogen-bond acceptors (Lipinski definition) is 4. The molecule has 0 spiro atoms. The van der Waals surface area contributed by atoms with Gasteiger partial charge in [0.1, 0.15) is 11.6 Å². The summed E-state index contributed by atoms with van der Waals surface area (Å²) < 4.78 is 24.6. The Morgan fingerprint density at radius 3 is 2.59 bits per heavy atom. The maximum atomic E-state index is 13.8. The van der Waals surface area contributed by atoms with Gasteiger partial charge in [-0.3, -0.25) is 9.89 Å². The first kappa shape index (κ1) is 21.3. The van der Waals surface area contributed by atoms with E-state index < -0.39 is 0 Å². The van der Waals surface area contributed by atoms with E-state index in [-0.39, 0.29) is 5.82 Å². The molecular formula is C22H31FN4O2. The zero-order chi connectivity index (χ0) is 20.2. The average Bonchev–Trinajstić information content (AvgIpc) is 3.26. The number of morpholine rings is 1. The van der Waals surface area contributed by atoms with Crippen molar-refractivity contribution in [2.24, 2.45) is 4.99 Å². The van der Waals surface area contributed by atoms with Gasteiger partial charge in [0, 0.05) is 45.7 Å². The number of aliphatic imine (C=N–C) groups is 1. The standard InChI is InChI=1S/C22H31FN4O2/c23-21-7-2-1-5-19(21)8-11-25-22(26-12-9-20-6-3-16-29-20)24-10-4-13-27-14-17-28-18-15-27/h1-3,5-7,16H,4,8-15,17-18H2,(H2,24,25,26). The first-order valence-electron chi connectivity index (χ1n) is 10.4. The molecule has 0 aliphatic carbocycles. The monoisotopic (exact) mass is 402 g/mol. The first-order valence-corrected chi connectivity index (χ1v) is 10.4. The van der Waals surface area contributed by atoms with Gasteiger partial charge in [0.25, 0.3) is 0 Å². The third kappa shape index (κ3) is 7.87. The quantitative estimate of drug-likeness (QED) is 0.363. The largest absolute Gasteiger partial charge is 0.469 e. The second-order valence-corrected chi connectivity index (χ2v) is 7.06. The summed E-state index contributed by atoms with van der Waals surface area (Å²) in [5, 5.41) is 6.67. The molecule has 0 amide bonds. The van der Waals surface area contributed by atoms with Crippen LogP contribution < -0.4 is 10.6 Å². The highest BCUT2D eigenvalue weighted by atomic mass is 19.1. The van der Waals surface area contributed by atoms with Crippen molar-refractivity contribution in [2.45, 2.75) is 19.3 Å². The van der Waals surface area contributed by atoms with Crippen LogP contribution in [0.4, 0.5) is 4.39 Å². The van der Waals surface area contributed by atoms with E-state index in [1.54, 1.807) is 12.3 Å². The van der Waals surface area contributed by atoms with Crippen molar-refractivity contribution in [1.29, 1.82) is 0 Å². The van der Waals surface area contributed by atoms with Crippen LogP contribution in [0, 0.1) is 5.82 Å². The van der Waals surface area contributed by atoms with E-state index >= 15 is 0 Å². The van der Waals surface area contributed by atoms with Gasteiger partial charge in [-0.1, -0.05) is 18.2 Å². The van der Waals surface area contributed by atoms with E-state index in [4.69, 9.17) is 14.1 Å². The van der Waals surface area contributed by atoms with E-state index in [2.05, 4.69) is 15.5 Å². The third-order valence-corrected chi connectivity index (χ3v) is 4.89. The van der Waals surface area contributed by atoms with Crippen LogP contribution in [0.1, 0.15) is 17.7 Å². The van der Waals surface area contributed by atoms with Crippen LogP contribution in [0.25, 0.3) is 0 Å². The molecule has 158 valence electrons. The molecular weight excluding hydrogens is 371 g/mol. The van der Waals surface area contributed by atoms with Gasteiger partial charge in [-0.2, -0.15) is 0 Å². The zero-order valence-electron chi connectivity index (χ0n) is 16.9. The van der Waals surface area contributed by atoms with Crippen LogP contribution >= 0.6 is 0 Å². The molecule has 0 unspecified atom stereocenters. The highest BCUT2D eigenvalue weighted by Crippen LogP contribution is 2.06. The maximum absolute atomic E-state index is 13.8. The van der Waals surface area contributed by atoms with Crippen LogP contribution in [-0.4, -0.2) is 63.3 Å². The number of rotatable bonds is 10. The number of benzene rings is 1. The van der Waals surface area contributed by atoms with Gasteiger partial charge in [0.05, 0.1) is 19.5 Å². The van der Waals surface area contributed by atoms with Crippen LogP contribution in [-0.2, 0) is 17.6 Å². The lowest BCUT2D eigenvalue weighted by Crippen LogP contribution is -2.40. The molecule has 6 nitrogen and oxygen atoms in total. The molecule has 0 bridgehead atoms. The molecule has 1 aromatic heterocycles. The minimum atomic E-state index is -0.163. The summed E-state index contributed by atoms with van der Waals surface area (Å²) in [6.45, 7) is 6.76. The molecule has 2 heterocycles. The lowest BCUT2D eigenvalue weighted by Gasteiger charge is -2.26. The Labute approximate surface area is 172 Å². The second-order valence-electron chi connectivity index (χ2n) is 7.06. The number of furan rings is 1. The Bertz CT molecular complexity index is 730. The minimum Gasteiger partial charge on any atom is -0.469 e. The smallest absolute Gasteiger partial charge is 0.191 e. The minimum absolute atomic E-state index is 0.163. The molecule has 1 aliphatic heterocycles. The van der Waals surface area contributed by atoms with Gasteiger partial charge in [0.15, 0.2) is 5.96 Å². The third-order valence-electron chi connectivity index (χ3n) is 4.89. The number of halogens is 1. The SMILES string of the molecule is Fc1ccccc1CCNC(=NCCCN1CCOCC1)NCCc1ccco1. The lowest BCUT2D eigenvalue weighted by atomic mass is 10.1. The molecule has 1 fully saturated rings. The molecule has 0 radical (unpaired) electrons. The number of guanidine groups is 1. The first-order chi connectivity index (χ1) is 14.3. The van der Waals surface area contributed by atoms with Crippen molar-refractivity contribution in [3.8, 4) is 0 Å². The Morgan fingerprint density at radius 2 is 1.83 bits per heavy atom. The number of ether oxygens (including phenoxy) is 1.